The van der Waals surface area contributed by atoms with Crippen molar-refractivity contribution in [2.75, 3.05) is 32.7 Å². The number of rotatable bonds is 6. The van der Waals surface area contributed by atoms with Gasteiger partial charge in [-0.05, 0) is 63.6 Å². The predicted octanol–water partition coefficient (Wildman–Crippen LogP) is 2.20. The van der Waals surface area contributed by atoms with Crippen LogP contribution in [0.4, 0.5) is 0 Å². The highest BCUT2D eigenvalue weighted by Crippen LogP contribution is 2.30. The summed E-state index contributed by atoms with van der Waals surface area (Å²) in [4.78, 5) is 21.5. The highest BCUT2D eigenvalue weighted by Gasteiger charge is 2.31. The number of carbonyl (C=O) groups is 1. The second-order valence-electron chi connectivity index (χ2n) is 8.05. The Hall–Kier alpha value is -1.40. The summed E-state index contributed by atoms with van der Waals surface area (Å²) in [6, 6.07) is 0. The molecule has 0 radical (unpaired) electrons. The molecule has 0 aliphatic carbocycles. The maximum atomic E-state index is 12.7. The normalized spacial score (nSPS) is 21.9. The molecule has 0 spiro atoms. The Morgan fingerprint density at radius 2 is 1.92 bits per heavy atom. The standard InChI is InChI=1S/C20H34N4O2/c1-3-9-23-10-4-16(5-11-23)15-18(25)24-12-6-17(7-13-24)19(26)20-21-8-14-22(20)2/h8,14,16-17,19,26H,3-7,9-13,15H2,1-2H3. The number of hydrogen-bond donors (Lipinski definition) is 1. The second kappa shape index (κ2) is 9.00. The lowest BCUT2D eigenvalue weighted by Crippen LogP contribution is -2.42. The quantitative estimate of drug-likeness (QED) is 0.843. The van der Waals surface area contributed by atoms with Crippen LogP contribution in [0.2, 0.25) is 0 Å². The van der Waals surface area contributed by atoms with E-state index < -0.39 is 6.10 Å². The average molecular weight is 363 g/mol. The van der Waals surface area contributed by atoms with Crippen LogP contribution in [-0.2, 0) is 11.8 Å². The molecular formula is C20H34N4O2. The number of imidazole rings is 1. The zero-order chi connectivity index (χ0) is 18.5. The molecule has 2 saturated heterocycles. The predicted molar refractivity (Wildman–Crippen MR) is 102 cm³/mol. The fourth-order valence-corrected chi connectivity index (χ4v) is 4.44. The molecule has 1 N–H and O–H groups in total. The molecule has 1 aromatic rings. The number of amides is 1. The third kappa shape index (κ3) is 4.65. The number of piperidine rings is 2. The summed E-state index contributed by atoms with van der Waals surface area (Å²) >= 11 is 0. The SMILES string of the molecule is CCCN1CCC(CC(=O)N2CCC(C(O)c3nccn3C)CC2)CC1. The van der Waals surface area contributed by atoms with Crippen molar-refractivity contribution in [3.8, 4) is 0 Å². The van der Waals surface area contributed by atoms with Gasteiger partial charge in [-0.1, -0.05) is 6.92 Å². The van der Waals surface area contributed by atoms with Crippen molar-refractivity contribution in [2.45, 2.75) is 51.6 Å². The van der Waals surface area contributed by atoms with E-state index in [0.29, 0.717) is 18.2 Å². The van der Waals surface area contributed by atoms with Crippen molar-refractivity contribution < 1.29 is 9.90 Å². The van der Waals surface area contributed by atoms with Gasteiger partial charge in [-0.25, -0.2) is 4.98 Å². The molecule has 2 fully saturated rings. The third-order valence-corrected chi connectivity index (χ3v) is 6.17. The summed E-state index contributed by atoms with van der Waals surface area (Å²) in [5.41, 5.74) is 0. The van der Waals surface area contributed by atoms with E-state index in [1.165, 1.54) is 13.0 Å². The van der Waals surface area contributed by atoms with Crippen LogP contribution in [0.15, 0.2) is 12.4 Å². The molecular weight excluding hydrogens is 328 g/mol. The molecule has 26 heavy (non-hydrogen) atoms. The van der Waals surface area contributed by atoms with Crippen molar-refractivity contribution in [1.82, 2.24) is 19.4 Å². The summed E-state index contributed by atoms with van der Waals surface area (Å²) in [5.74, 6) is 1.78. The molecule has 1 amide bonds. The van der Waals surface area contributed by atoms with E-state index in [1.807, 2.05) is 22.7 Å². The van der Waals surface area contributed by atoms with Crippen LogP contribution < -0.4 is 0 Å². The Labute approximate surface area is 157 Å². The monoisotopic (exact) mass is 362 g/mol. The Morgan fingerprint density at radius 3 is 2.50 bits per heavy atom. The van der Waals surface area contributed by atoms with Crippen molar-refractivity contribution in [2.24, 2.45) is 18.9 Å². The van der Waals surface area contributed by atoms with E-state index >= 15 is 0 Å². The number of aryl methyl sites for hydroxylation is 1. The Balaban J connectivity index is 1.42. The van der Waals surface area contributed by atoms with Gasteiger partial charge in [-0.15, -0.1) is 0 Å². The molecule has 6 heteroatoms. The minimum Gasteiger partial charge on any atom is -0.385 e. The van der Waals surface area contributed by atoms with Crippen LogP contribution in [0.5, 0.6) is 0 Å². The molecule has 2 aliphatic rings. The van der Waals surface area contributed by atoms with Gasteiger partial charge in [-0.3, -0.25) is 4.79 Å². The molecule has 1 unspecified atom stereocenters. The van der Waals surface area contributed by atoms with Crippen LogP contribution in [-0.4, -0.2) is 63.1 Å². The summed E-state index contributed by atoms with van der Waals surface area (Å²) in [6.07, 6.45) is 8.99. The number of aliphatic hydroxyl groups excluding tert-OH is 1. The fourth-order valence-electron chi connectivity index (χ4n) is 4.44. The van der Waals surface area contributed by atoms with E-state index in [9.17, 15) is 9.90 Å². The Kier molecular flexibility index (Phi) is 6.70. The van der Waals surface area contributed by atoms with E-state index in [4.69, 9.17) is 0 Å². The summed E-state index contributed by atoms with van der Waals surface area (Å²) in [6.45, 7) is 7.23. The van der Waals surface area contributed by atoms with E-state index in [2.05, 4.69) is 16.8 Å². The number of aliphatic hydroxyl groups is 1. The maximum absolute atomic E-state index is 12.7. The maximum Gasteiger partial charge on any atom is 0.222 e. The zero-order valence-corrected chi connectivity index (χ0v) is 16.3. The minimum absolute atomic E-state index is 0.192. The number of likely N-dealkylation sites (tertiary alicyclic amines) is 2. The summed E-state index contributed by atoms with van der Waals surface area (Å²) < 4.78 is 1.88. The summed E-state index contributed by atoms with van der Waals surface area (Å²) in [7, 11) is 1.91. The molecule has 0 saturated carbocycles. The number of carbonyl (C=O) groups excluding carboxylic acids is 1. The first-order valence-electron chi connectivity index (χ1n) is 10.2. The molecule has 3 heterocycles. The lowest BCUT2D eigenvalue weighted by Gasteiger charge is -2.36. The van der Waals surface area contributed by atoms with Crippen molar-refractivity contribution in [3.05, 3.63) is 18.2 Å². The van der Waals surface area contributed by atoms with Gasteiger partial charge in [0.2, 0.25) is 5.91 Å². The van der Waals surface area contributed by atoms with Gasteiger partial charge in [0.1, 0.15) is 11.9 Å². The highest BCUT2D eigenvalue weighted by molar-refractivity contribution is 5.76. The van der Waals surface area contributed by atoms with Crippen LogP contribution in [0.1, 0.15) is 57.4 Å². The largest absolute Gasteiger partial charge is 0.385 e. The Bertz CT molecular complexity index is 572. The topological polar surface area (TPSA) is 61.6 Å². The third-order valence-electron chi connectivity index (χ3n) is 6.17. The molecule has 3 rings (SSSR count). The van der Waals surface area contributed by atoms with Gasteiger partial charge < -0.3 is 19.5 Å². The van der Waals surface area contributed by atoms with Gasteiger partial charge in [0.15, 0.2) is 0 Å². The number of nitrogens with zero attached hydrogens (tertiary/aromatic N) is 4. The molecule has 2 aliphatic heterocycles. The van der Waals surface area contributed by atoms with E-state index in [0.717, 1.165) is 57.7 Å². The highest BCUT2D eigenvalue weighted by atomic mass is 16.3. The molecule has 1 aromatic heterocycles. The van der Waals surface area contributed by atoms with Crippen LogP contribution in [0.3, 0.4) is 0 Å². The smallest absolute Gasteiger partial charge is 0.222 e. The number of hydrogen-bond acceptors (Lipinski definition) is 4. The van der Waals surface area contributed by atoms with Gasteiger partial charge in [0.25, 0.3) is 0 Å². The number of aromatic nitrogens is 2. The van der Waals surface area contributed by atoms with Crippen LogP contribution in [0, 0.1) is 11.8 Å². The lowest BCUT2D eigenvalue weighted by molar-refractivity contribution is -0.134. The first-order valence-corrected chi connectivity index (χ1v) is 10.2. The first-order chi connectivity index (χ1) is 12.6. The molecule has 6 nitrogen and oxygen atoms in total. The fraction of sp³-hybridized carbons (Fsp3) is 0.800. The van der Waals surface area contributed by atoms with Gasteiger partial charge >= 0.3 is 0 Å². The minimum atomic E-state index is -0.532. The van der Waals surface area contributed by atoms with Gasteiger partial charge in [-0.2, -0.15) is 0 Å². The van der Waals surface area contributed by atoms with Crippen molar-refractivity contribution >= 4 is 5.91 Å². The van der Waals surface area contributed by atoms with Crippen molar-refractivity contribution in [1.29, 1.82) is 0 Å². The average Bonchev–Trinajstić information content (AvgIpc) is 3.09. The van der Waals surface area contributed by atoms with E-state index in [-0.39, 0.29) is 5.92 Å². The second-order valence-corrected chi connectivity index (χ2v) is 8.05. The van der Waals surface area contributed by atoms with Crippen LogP contribution in [0.25, 0.3) is 0 Å². The van der Waals surface area contributed by atoms with Gasteiger partial charge in [0, 0.05) is 39.0 Å². The molecule has 0 bridgehead atoms. The molecule has 0 aromatic carbocycles. The molecule has 1 atom stereocenters. The Morgan fingerprint density at radius 1 is 1.23 bits per heavy atom. The first kappa shape index (κ1) is 19.4. The van der Waals surface area contributed by atoms with Crippen LogP contribution >= 0.6 is 0 Å². The van der Waals surface area contributed by atoms with Gasteiger partial charge in [0.05, 0.1) is 0 Å². The zero-order valence-electron chi connectivity index (χ0n) is 16.3. The lowest BCUT2D eigenvalue weighted by atomic mass is 9.89. The van der Waals surface area contributed by atoms with E-state index in [1.54, 1.807) is 6.20 Å². The van der Waals surface area contributed by atoms with Crippen molar-refractivity contribution in [3.63, 3.8) is 0 Å². The summed E-state index contributed by atoms with van der Waals surface area (Å²) in [5, 5.41) is 10.6. The molecule has 146 valence electrons.